The van der Waals surface area contributed by atoms with Crippen molar-refractivity contribution >= 4 is 22.5 Å². The number of hydrogen-bond acceptors (Lipinski definition) is 9. The summed E-state index contributed by atoms with van der Waals surface area (Å²) in [6.07, 6.45) is 12.7. The normalized spacial score (nSPS) is 28.2. The van der Waals surface area contributed by atoms with Crippen LogP contribution in [-0.2, 0) is 6.54 Å². The van der Waals surface area contributed by atoms with Gasteiger partial charge in [-0.3, -0.25) is 20.3 Å². The molecule has 5 atom stereocenters. The number of nitrogens with one attached hydrogen (secondary N) is 4. The average molecular weight is 489 g/mol. The fourth-order valence-corrected chi connectivity index (χ4v) is 6.13. The number of anilines is 2. The van der Waals surface area contributed by atoms with Gasteiger partial charge in [0.1, 0.15) is 17.4 Å². The van der Waals surface area contributed by atoms with Crippen molar-refractivity contribution in [2.45, 2.75) is 82.3 Å². The molecule has 6 rings (SSSR count). The smallest absolute Gasteiger partial charge is 0.138 e. The Bertz CT molecular complexity index is 1180. The number of nitrogens with zero attached hydrogens (tertiary/aromatic N) is 4. The van der Waals surface area contributed by atoms with Crippen LogP contribution in [0.25, 0.3) is 10.9 Å². The lowest BCUT2D eigenvalue weighted by molar-refractivity contribution is 0.0277. The molecule has 0 aromatic carbocycles. The van der Waals surface area contributed by atoms with E-state index in [2.05, 4.69) is 55.4 Å². The second kappa shape index (κ2) is 10.2. The van der Waals surface area contributed by atoms with Gasteiger partial charge in [0.05, 0.1) is 25.0 Å². The Morgan fingerprint density at radius 2 is 1.86 bits per heavy atom. The van der Waals surface area contributed by atoms with Gasteiger partial charge < -0.3 is 15.4 Å². The van der Waals surface area contributed by atoms with Crippen LogP contribution in [0.5, 0.6) is 5.75 Å². The Kier molecular flexibility index (Phi) is 6.60. The summed E-state index contributed by atoms with van der Waals surface area (Å²) in [6.45, 7) is 3.17. The molecule has 0 radical (unpaired) electrons. The highest BCUT2D eigenvalue weighted by Gasteiger charge is 2.38. The van der Waals surface area contributed by atoms with Gasteiger partial charge in [-0.25, -0.2) is 10.4 Å². The first-order chi connectivity index (χ1) is 17.6. The molecular formula is C27H36N8O. The fourth-order valence-electron chi connectivity index (χ4n) is 6.13. The third kappa shape index (κ3) is 4.96. The number of piperidine rings is 2. The van der Waals surface area contributed by atoms with Crippen molar-refractivity contribution in [2.75, 3.05) is 17.7 Å². The Morgan fingerprint density at radius 3 is 2.58 bits per heavy atom. The van der Waals surface area contributed by atoms with Crippen LogP contribution in [0.15, 0.2) is 42.9 Å². The van der Waals surface area contributed by atoms with Crippen LogP contribution in [0.3, 0.4) is 0 Å². The molecule has 190 valence electrons. The minimum atomic E-state index is 0.131. The third-order valence-electron chi connectivity index (χ3n) is 7.89. The summed E-state index contributed by atoms with van der Waals surface area (Å²) < 4.78 is 5.49. The minimum Gasteiger partial charge on any atom is -0.495 e. The summed E-state index contributed by atoms with van der Waals surface area (Å²) in [5.41, 5.74) is 8.83. The number of pyridine rings is 3. The van der Waals surface area contributed by atoms with Gasteiger partial charge in [0.25, 0.3) is 0 Å². The monoisotopic (exact) mass is 488 g/mol. The van der Waals surface area contributed by atoms with Crippen molar-refractivity contribution in [3.63, 3.8) is 0 Å². The fraction of sp³-hybridized carbons (Fsp3) is 0.519. The Hall–Kier alpha value is -3.01. The predicted octanol–water partition coefficient (Wildman–Crippen LogP) is 3.66. The lowest BCUT2D eigenvalue weighted by Crippen LogP contribution is -2.54. The molecule has 3 aliphatic heterocycles. The van der Waals surface area contributed by atoms with Gasteiger partial charge in [-0.05, 0) is 62.8 Å². The van der Waals surface area contributed by atoms with Gasteiger partial charge in [-0.1, -0.05) is 6.42 Å². The van der Waals surface area contributed by atoms with Gasteiger partial charge in [0, 0.05) is 54.6 Å². The highest BCUT2D eigenvalue weighted by molar-refractivity contribution is 5.92. The molecule has 9 heteroatoms. The summed E-state index contributed by atoms with van der Waals surface area (Å²) in [5, 5.41) is 8.37. The van der Waals surface area contributed by atoms with E-state index >= 15 is 0 Å². The molecule has 3 aromatic rings. The number of methoxy groups -OCH3 is 1. The molecule has 36 heavy (non-hydrogen) atoms. The zero-order chi connectivity index (χ0) is 24.5. The van der Waals surface area contributed by atoms with Crippen LogP contribution in [0, 0.1) is 0 Å². The van der Waals surface area contributed by atoms with Crippen molar-refractivity contribution < 1.29 is 4.74 Å². The number of aromatic nitrogens is 3. The first-order valence-electron chi connectivity index (χ1n) is 13.2. The van der Waals surface area contributed by atoms with Gasteiger partial charge in [-0.2, -0.15) is 0 Å². The average Bonchev–Trinajstić information content (AvgIpc) is 3.29. The summed E-state index contributed by atoms with van der Waals surface area (Å²) in [6, 6.07) is 10.3. The van der Waals surface area contributed by atoms with E-state index in [1.54, 1.807) is 13.3 Å². The molecule has 0 spiro atoms. The van der Waals surface area contributed by atoms with Crippen molar-refractivity contribution in [3.8, 4) is 5.75 Å². The molecule has 9 nitrogen and oxygen atoms in total. The van der Waals surface area contributed by atoms with E-state index in [1.807, 2.05) is 24.5 Å². The molecular weight excluding hydrogens is 452 g/mol. The first-order valence-corrected chi connectivity index (χ1v) is 13.2. The summed E-state index contributed by atoms with van der Waals surface area (Å²) in [7, 11) is 1.68. The zero-order valence-electron chi connectivity index (χ0n) is 21.1. The largest absolute Gasteiger partial charge is 0.495 e. The van der Waals surface area contributed by atoms with E-state index in [4.69, 9.17) is 9.72 Å². The standard InChI is InChI=1S/C27H36N8O/c1-17-10-26(34-33-17)31-25-14-24-23(13-22(36-2)15-29-24)27(32-25)30-19-11-20-4-3-5-21(12-19)35(20)16-18-6-8-28-9-7-18/h6-9,13-15,17,19-21,26,33-34H,3-5,10-12,16H2,1-2H3,(H2,30,31,32)/t17?,19?,20-,21+,26?. The molecule has 3 unspecified atom stereocenters. The summed E-state index contributed by atoms with van der Waals surface area (Å²) >= 11 is 0. The van der Waals surface area contributed by atoms with E-state index in [9.17, 15) is 0 Å². The number of hydrazine groups is 1. The predicted molar refractivity (Wildman–Crippen MR) is 142 cm³/mol. The third-order valence-corrected chi connectivity index (χ3v) is 7.89. The van der Waals surface area contributed by atoms with E-state index in [0.717, 1.165) is 54.1 Å². The Labute approximate surface area is 212 Å². The second-order valence-electron chi connectivity index (χ2n) is 10.5. The minimum absolute atomic E-state index is 0.131. The van der Waals surface area contributed by atoms with E-state index < -0.39 is 0 Å². The van der Waals surface area contributed by atoms with Crippen molar-refractivity contribution in [3.05, 3.63) is 48.4 Å². The lowest BCUT2D eigenvalue weighted by atomic mass is 9.81. The van der Waals surface area contributed by atoms with Crippen LogP contribution >= 0.6 is 0 Å². The molecule has 3 saturated heterocycles. The topological polar surface area (TPSA) is 99.3 Å². The molecule has 0 saturated carbocycles. The maximum Gasteiger partial charge on any atom is 0.138 e. The molecule has 0 amide bonds. The van der Waals surface area contributed by atoms with Gasteiger partial charge in [-0.15, -0.1) is 0 Å². The molecule has 3 fully saturated rings. The van der Waals surface area contributed by atoms with E-state index in [0.29, 0.717) is 24.2 Å². The highest BCUT2D eigenvalue weighted by Crippen LogP contribution is 2.37. The number of hydrogen-bond donors (Lipinski definition) is 4. The lowest BCUT2D eigenvalue weighted by Gasteiger charge is -2.49. The van der Waals surface area contributed by atoms with E-state index in [-0.39, 0.29) is 6.17 Å². The van der Waals surface area contributed by atoms with Crippen molar-refractivity contribution in [2.24, 2.45) is 0 Å². The SMILES string of the molecule is COc1cnc2cc(NC3CC(C)NN3)nc(NC3C[C@H]4CCC[C@@H](C3)N4Cc3ccncc3)c2c1. The van der Waals surface area contributed by atoms with Crippen LogP contribution < -0.4 is 26.2 Å². The molecule has 0 aliphatic carbocycles. The molecule has 2 bridgehead atoms. The molecule has 3 aromatic heterocycles. The molecule has 6 heterocycles. The number of rotatable bonds is 7. The summed E-state index contributed by atoms with van der Waals surface area (Å²) in [5.74, 6) is 2.45. The quantitative estimate of drug-likeness (QED) is 0.397. The maximum atomic E-state index is 5.49. The zero-order valence-corrected chi connectivity index (χ0v) is 21.1. The maximum absolute atomic E-state index is 5.49. The van der Waals surface area contributed by atoms with Gasteiger partial charge in [0.2, 0.25) is 0 Å². The number of fused-ring (bicyclic) bond motifs is 3. The van der Waals surface area contributed by atoms with E-state index in [1.165, 1.54) is 24.8 Å². The van der Waals surface area contributed by atoms with Crippen molar-refractivity contribution in [1.29, 1.82) is 0 Å². The summed E-state index contributed by atoms with van der Waals surface area (Å²) in [4.78, 5) is 16.6. The second-order valence-corrected chi connectivity index (χ2v) is 10.5. The van der Waals surface area contributed by atoms with Gasteiger partial charge in [0.15, 0.2) is 0 Å². The highest BCUT2D eigenvalue weighted by atomic mass is 16.5. The number of ether oxygens (including phenoxy) is 1. The molecule has 4 N–H and O–H groups in total. The Balaban J connectivity index is 1.24. The van der Waals surface area contributed by atoms with Crippen LogP contribution in [0.1, 0.15) is 51.0 Å². The van der Waals surface area contributed by atoms with Crippen molar-refractivity contribution in [1.82, 2.24) is 30.7 Å². The molecule has 3 aliphatic rings. The van der Waals surface area contributed by atoms with Crippen LogP contribution in [0.2, 0.25) is 0 Å². The van der Waals surface area contributed by atoms with Gasteiger partial charge >= 0.3 is 0 Å². The Morgan fingerprint density at radius 1 is 1.06 bits per heavy atom. The van der Waals surface area contributed by atoms with Crippen LogP contribution in [0.4, 0.5) is 11.6 Å². The van der Waals surface area contributed by atoms with Crippen LogP contribution in [-0.4, -0.2) is 57.3 Å². The first kappa shape index (κ1) is 23.4.